The number of aliphatic carboxylic acids is 1. The minimum atomic E-state index is -0.870. The zero-order valence-corrected chi connectivity index (χ0v) is 11.2. The molecule has 0 aliphatic heterocycles. The molecule has 100 valence electrons. The molecule has 0 radical (unpaired) electrons. The van der Waals surface area contributed by atoms with Gasteiger partial charge in [-0.25, -0.2) is 0 Å². The second kappa shape index (κ2) is 5.22. The van der Waals surface area contributed by atoms with Gasteiger partial charge in [-0.3, -0.25) is 4.79 Å². The summed E-state index contributed by atoms with van der Waals surface area (Å²) in [6, 6.07) is 5.89. The highest BCUT2D eigenvalue weighted by Crippen LogP contribution is 2.21. The van der Waals surface area contributed by atoms with E-state index in [4.69, 9.17) is 9.52 Å². The second-order valence-electron chi connectivity index (χ2n) is 4.74. The molecule has 1 aromatic carbocycles. The van der Waals surface area contributed by atoms with Gasteiger partial charge in [0.05, 0.1) is 5.92 Å². The summed E-state index contributed by atoms with van der Waals surface area (Å²) in [4.78, 5) is 10.8. The van der Waals surface area contributed by atoms with Crippen LogP contribution in [0, 0.1) is 19.8 Å². The summed E-state index contributed by atoms with van der Waals surface area (Å²) < 4.78 is 5.50. The van der Waals surface area contributed by atoms with Gasteiger partial charge in [-0.2, -0.15) is 0 Å². The highest BCUT2D eigenvalue weighted by atomic mass is 16.4. The maximum Gasteiger partial charge on any atom is 0.306 e. The molecule has 5 heteroatoms. The Labute approximate surface area is 111 Å². The number of rotatable bonds is 4. The number of hydrogen-bond donors (Lipinski definition) is 1. The third kappa shape index (κ3) is 2.99. The molecule has 5 nitrogen and oxygen atoms in total. The van der Waals surface area contributed by atoms with Crippen molar-refractivity contribution in [1.82, 2.24) is 10.2 Å². The zero-order valence-electron chi connectivity index (χ0n) is 11.2. The van der Waals surface area contributed by atoms with Gasteiger partial charge in [0.25, 0.3) is 0 Å². The van der Waals surface area contributed by atoms with Crippen LogP contribution in [-0.2, 0) is 11.2 Å². The van der Waals surface area contributed by atoms with Crippen LogP contribution in [0.4, 0.5) is 0 Å². The second-order valence-corrected chi connectivity index (χ2v) is 4.74. The summed E-state index contributed by atoms with van der Waals surface area (Å²) in [5, 5.41) is 16.7. The van der Waals surface area contributed by atoms with Crippen LogP contribution in [0.25, 0.3) is 11.5 Å². The van der Waals surface area contributed by atoms with Crippen molar-refractivity contribution in [3.63, 3.8) is 0 Å². The van der Waals surface area contributed by atoms with Crippen LogP contribution in [0.1, 0.15) is 23.9 Å². The van der Waals surface area contributed by atoms with Crippen LogP contribution >= 0.6 is 0 Å². The van der Waals surface area contributed by atoms with Gasteiger partial charge < -0.3 is 9.52 Å². The molecular formula is C14H16N2O3. The first-order valence-electron chi connectivity index (χ1n) is 6.10. The molecule has 0 aliphatic carbocycles. The number of carboxylic acid groups (broad SMARTS) is 1. The largest absolute Gasteiger partial charge is 0.481 e. The van der Waals surface area contributed by atoms with Crippen molar-refractivity contribution in [3.05, 3.63) is 35.2 Å². The molecule has 0 aliphatic rings. The third-order valence-corrected chi connectivity index (χ3v) is 3.12. The van der Waals surface area contributed by atoms with E-state index in [0.29, 0.717) is 11.8 Å². The van der Waals surface area contributed by atoms with Crippen LogP contribution < -0.4 is 0 Å². The van der Waals surface area contributed by atoms with Gasteiger partial charge in [-0.15, -0.1) is 10.2 Å². The first-order valence-corrected chi connectivity index (χ1v) is 6.10. The third-order valence-electron chi connectivity index (χ3n) is 3.12. The molecule has 19 heavy (non-hydrogen) atoms. The van der Waals surface area contributed by atoms with Gasteiger partial charge in [0.1, 0.15) is 0 Å². The van der Waals surface area contributed by atoms with Crippen molar-refractivity contribution in [2.24, 2.45) is 5.92 Å². The molecule has 0 fully saturated rings. The fourth-order valence-corrected chi connectivity index (χ4v) is 1.68. The number of carbonyl (C=O) groups is 1. The van der Waals surface area contributed by atoms with Crippen LogP contribution in [0.5, 0.6) is 0 Å². The molecule has 0 spiro atoms. The Morgan fingerprint density at radius 1 is 1.32 bits per heavy atom. The lowest BCUT2D eigenvalue weighted by molar-refractivity contribution is -0.141. The van der Waals surface area contributed by atoms with E-state index >= 15 is 0 Å². The predicted molar refractivity (Wildman–Crippen MR) is 69.7 cm³/mol. The first-order chi connectivity index (χ1) is 8.97. The Morgan fingerprint density at radius 3 is 2.68 bits per heavy atom. The summed E-state index contributed by atoms with van der Waals surface area (Å²) in [5.74, 6) is -0.627. The molecule has 1 atom stereocenters. The maximum absolute atomic E-state index is 10.8. The Balaban J connectivity index is 2.20. The smallest absolute Gasteiger partial charge is 0.306 e. The highest BCUT2D eigenvalue weighted by molar-refractivity contribution is 5.69. The molecule has 1 N–H and O–H groups in total. The Bertz CT molecular complexity index is 604. The number of aromatic nitrogens is 2. The van der Waals surface area contributed by atoms with E-state index in [0.717, 1.165) is 11.1 Å². The van der Waals surface area contributed by atoms with Crippen molar-refractivity contribution in [2.75, 3.05) is 0 Å². The van der Waals surface area contributed by atoms with Gasteiger partial charge in [-0.1, -0.05) is 13.0 Å². The molecule has 0 saturated heterocycles. The SMILES string of the molecule is Cc1ccc(-c2nnc(CC(C)C(=O)O)o2)cc1C. The van der Waals surface area contributed by atoms with Gasteiger partial charge in [-0.05, 0) is 37.1 Å². The number of hydrogen-bond acceptors (Lipinski definition) is 4. The van der Waals surface area contributed by atoms with Crippen molar-refractivity contribution >= 4 is 5.97 Å². The molecule has 2 rings (SSSR count). The topological polar surface area (TPSA) is 76.2 Å². The van der Waals surface area contributed by atoms with Crippen LogP contribution in [-0.4, -0.2) is 21.3 Å². The van der Waals surface area contributed by atoms with Crippen molar-refractivity contribution < 1.29 is 14.3 Å². The number of aryl methyl sites for hydroxylation is 2. The fourth-order valence-electron chi connectivity index (χ4n) is 1.68. The lowest BCUT2D eigenvalue weighted by Crippen LogP contribution is -2.12. The molecule has 1 heterocycles. The van der Waals surface area contributed by atoms with Gasteiger partial charge in [0, 0.05) is 12.0 Å². The van der Waals surface area contributed by atoms with Gasteiger partial charge in [0.2, 0.25) is 11.8 Å². The van der Waals surface area contributed by atoms with Crippen molar-refractivity contribution in [1.29, 1.82) is 0 Å². The van der Waals surface area contributed by atoms with Crippen molar-refractivity contribution in [2.45, 2.75) is 27.2 Å². The van der Waals surface area contributed by atoms with Crippen LogP contribution in [0.2, 0.25) is 0 Å². The van der Waals surface area contributed by atoms with Crippen LogP contribution in [0.3, 0.4) is 0 Å². The number of benzene rings is 1. The zero-order chi connectivity index (χ0) is 14.0. The molecule has 0 amide bonds. The average Bonchev–Trinajstić information content (AvgIpc) is 2.81. The van der Waals surface area contributed by atoms with Gasteiger partial charge >= 0.3 is 5.97 Å². The Hall–Kier alpha value is -2.17. The summed E-state index contributed by atoms with van der Waals surface area (Å²) in [6.45, 7) is 5.66. The lowest BCUT2D eigenvalue weighted by atomic mass is 10.1. The monoisotopic (exact) mass is 260 g/mol. The lowest BCUT2D eigenvalue weighted by Gasteiger charge is -2.02. The van der Waals surface area contributed by atoms with E-state index in [1.54, 1.807) is 6.92 Å². The molecule has 2 aromatic rings. The summed E-state index contributed by atoms with van der Waals surface area (Å²) >= 11 is 0. The predicted octanol–water partition coefficient (Wildman–Crippen LogP) is 2.62. The van der Waals surface area contributed by atoms with E-state index in [1.807, 2.05) is 32.0 Å². The summed E-state index contributed by atoms with van der Waals surface area (Å²) in [7, 11) is 0. The Morgan fingerprint density at radius 2 is 2.05 bits per heavy atom. The fraction of sp³-hybridized carbons (Fsp3) is 0.357. The minimum absolute atomic E-state index is 0.243. The van der Waals surface area contributed by atoms with Crippen molar-refractivity contribution in [3.8, 4) is 11.5 Å². The van der Waals surface area contributed by atoms with Gasteiger partial charge in [0.15, 0.2) is 0 Å². The Kier molecular flexibility index (Phi) is 3.64. The average molecular weight is 260 g/mol. The minimum Gasteiger partial charge on any atom is -0.481 e. The number of carboxylic acids is 1. The molecular weight excluding hydrogens is 244 g/mol. The maximum atomic E-state index is 10.8. The first kappa shape index (κ1) is 13.3. The van der Waals surface area contributed by atoms with E-state index in [2.05, 4.69) is 10.2 Å². The standard InChI is InChI=1S/C14H16N2O3/c1-8-4-5-11(6-9(8)2)13-16-15-12(19-13)7-10(3)14(17)18/h4-6,10H,7H2,1-3H3,(H,17,18). The number of nitrogens with zero attached hydrogens (tertiary/aromatic N) is 2. The normalized spacial score (nSPS) is 12.4. The van der Waals surface area contributed by atoms with E-state index < -0.39 is 11.9 Å². The summed E-state index contributed by atoms with van der Waals surface area (Å²) in [6.07, 6.45) is 0.243. The summed E-state index contributed by atoms with van der Waals surface area (Å²) in [5.41, 5.74) is 3.20. The highest BCUT2D eigenvalue weighted by Gasteiger charge is 2.16. The molecule has 0 bridgehead atoms. The molecule has 1 aromatic heterocycles. The molecule has 0 saturated carbocycles. The quantitative estimate of drug-likeness (QED) is 0.914. The van der Waals surface area contributed by atoms with E-state index in [1.165, 1.54) is 5.56 Å². The van der Waals surface area contributed by atoms with E-state index in [9.17, 15) is 4.79 Å². The van der Waals surface area contributed by atoms with E-state index in [-0.39, 0.29) is 6.42 Å². The van der Waals surface area contributed by atoms with Crippen LogP contribution in [0.15, 0.2) is 22.6 Å². The molecule has 1 unspecified atom stereocenters.